The molecule has 0 spiro atoms. The van der Waals surface area contributed by atoms with Gasteiger partial charge < -0.3 is 0 Å². The first kappa shape index (κ1) is 12.1. The minimum absolute atomic E-state index is 0.0276. The largest absolute Gasteiger partial charge is 0.272 e. The van der Waals surface area contributed by atoms with Crippen LogP contribution in [0.15, 0.2) is 29.4 Å². The Morgan fingerprint density at radius 3 is 2.65 bits per heavy atom. The molecule has 1 atom stereocenters. The summed E-state index contributed by atoms with van der Waals surface area (Å²) in [6.45, 7) is 5.96. The van der Waals surface area contributed by atoms with Gasteiger partial charge in [-0.25, -0.2) is 5.01 Å². The predicted octanol–water partition coefficient (Wildman–Crippen LogP) is 3.33. The van der Waals surface area contributed by atoms with Crippen LogP contribution in [0.2, 0.25) is 5.02 Å². The van der Waals surface area contributed by atoms with Gasteiger partial charge >= 0.3 is 0 Å². The molecule has 1 aliphatic heterocycles. The van der Waals surface area contributed by atoms with E-state index in [0.717, 1.165) is 11.4 Å². The number of anilines is 1. The van der Waals surface area contributed by atoms with Crippen molar-refractivity contribution in [2.24, 2.45) is 16.9 Å². The Labute approximate surface area is 106 Å². The topological polar surface area (TPSA) is 32.7 Å². The lowest BCUT2D eigenvalue weighted by Gasteiger charge is -2.16. The normalized spacial score (nSPS) is 20.1. The third-order valence-electron chi connectivity index (χ3n) is 2.90. The van der Waals surface area contributed by atoms with Crippen molar-refractivity contribution in [3.05, 3.63) is 29.3 Å². The van der Waals surface area contributed by atoms with Gasteiger partial charge in [-0.05, 0) is 31.0 Å². The SMILES string of the molecule is CC1=NN(c2cccc(Cl)c2)C(=O)C1C(C)C. The summed E-state index contributed by atoms with van der Waals surface area (Å²) in [5.41, 5.74) is 1.59. The molecule has 3 nitrogen and oxygen atoms in total. The first-order chi connectivity index (χ1) is 8.00. The van der Waals surface area contributed by atoms with Crippen LogP contribution in [0.25, 0.3) is 0 Å². The zero-order valence-electron chi connectivity index (χ0n) is 10.1. The summed E-state index contributed by atoms with van der Waals surface area (Å²) >= 11 is 5.92. The van der Waals surface area contributed by atoms with Crippen LogP contribution in [0.4, 0.5) is 5.69 Å². The van der Waals surface area contributed by atoms with Crippen LogP contribution in [0.1, 0.15) is 20.8 Å². The molecule has 0 radical (unpaired) electrons. The summed E-state index contributed by atoms with van der Waals surface area (Å²) in [7, 11) is 0. The molecule has 1 amide bonds. The summed E-state index contributed by atoms with van der Waals surface area (Å²) in [6.07, 6.45) is 0. The molecule has 0 bridgehead atoms. The molecule has 90 valence electrons. The first-order valence-corrected chi connectivity index (χ1v) is 6.03. The minimum atomic E-state index is -0.117. The zero-order chi connectivity index (χ0) is 12.6. The van der Waals surface area contributed by atoms with Crippen LogP contribution >= 0.6 is 11.6 Å². The maximum Gasteiger partial charge on any atom is 0.256 e. The van der Waals surface area contributed by atoms with Gasteiger partial charge in [0.15, 0.2) is 0 Å². The molecule has 1 heterocycles. The molecular weight excluding hydrogens is 236 g/mol. The third kappa shape index (κ3) is 2.20. The number of benzene rings is 1. The standard InChI is InChI=1S/C13H15ClN2O/c1-8(2)12-9(3)15-16(13(12)17)11-6-4-5-10(14)7-11/h4-8,12H,1-3H3. The Morgan fingerprint density at radius 1 is 1.41 bits per heavy atom. The highest BCUT2D eigenvalue weighted by Gasteiger charge is 2.36. The second-order valence-corrected chi connectivity index (χ2v) is 5.03. The van der Waals surface area contributed by atoms with Crippen LogP contribution in [0.3, 0.4) is 0 Å². The van der Waals surface area contributed by atoms with E-state index in [2.05, 4.69) is 5.10 Å². The Balaban J connectivity index is 2.34. The van der Waals surface area contributed by atoms with Crippen molar-refractivity contribution in [2.75, 3.05) is 5.01 Å². The summed E-state index contributed by atoms with van der Waals surface area (Å²) < 4.78 is 0. The molecule has 2 rings (SSSR count). The summed E-state index contributed by atoms with van der Waals surface area (Å²) in [5, 5.41) is 6.38. The van der Waals surface area contributed by atoms with Gasteiger partial charge in [-0.1, -0.05) is 31.5 Å². The highest BCUT2D eigenvalue weighted by atomic mass is 35.5. The van der Waals surface area contributed by atoms with Gasteiger partial charge in [0, 0.05) is 10.7 Å². The van der Waals surface area contributed by atoms with Gasteiger partial charge in [-0.3, -0.25) is 4.79 Å². The fourth-order valence-electron chi connectivity index (χ4n) is 2.14. The van der Waals surface area contributed by atoms with E-state index in [1.54, 1.807) is 12.1 Å². The van der Waals surface area contributed by atoms with Crippen LogP contribution in [-0.4, -0.2) is 11.6 Å². The van der Waals surface area contributed by atoms with Crippen molar-refractivity contribution in [2.45, 2.75) is 20.8 Å². The van der Waals surface area contributed by atoms with E-state index >= 15 is 0 Å². The second kappa shape index (κ2) is 4.49. The number of carbonyl (C=O) groups excluding carboxylic acids is 1. The number of hydrogen-bond donors (Lipinski definition) is 0. The van der Waals surface area contributed by atoms with E-state index in [4.69, 9.17) is 11.6 Å². The minimum Gasteiger partial charge on any atom is -0.272 e. The highest BCUT2D eigenvalue weighted by Crippen LogP contribution is 2.29. The molecule has 0 aromatic heterocycles. The molecule has 0 fully saturated rings. The van der Waals surface area contributed by atoms with Crippen LogP contribution in [-0.2, 0) is 4.79 Å². The van der Waals surface area contributed by atoms with Crippen molar-refractivity contribution in [1.29, 1.82) is 0 Å². The van der Waals surface area contributed by atoms with Gasteiger partial charge in [0.05, 0.1) is 11.6 Å². The van der Waals surface area contributed by atoms with Crippen molar-refractivity contribution in [3.8, 4) is 0 Å². The lowest BCUT2D eigenvalue weighted by atomic mass is 9.92. The second-order valence-electron chi connectivity index (χ2n) is 4.59. The Morgan fingerprint density at radius 2 is 2.12 bits per heavy atom. The first-order valence-electron chi connectivity index (χ1n) is 5.65. The molecule has 1 aromatic rings. The third-order valence-corrected chi connectivity index (χ3v) is 3.14. The molecule has 1 aliphatic rings. The lowest BCUT2D eigenvalue weighted by molar-refractivity contribution is -0.120. The van der Waals surface area contributed by atoms with E-state index in [1.165, 1.54) is 5.01 Å². The Kier molecular flexibility index (Phi) is 3.20. The van der Waals surface area contributed by atoms with E-state index in [0.29, 0.717) is 5.02 Å². The van der Waals surface area contributed by atoms with Crippen LogP contribution in [0, 0.1) is 11.8 Å². The molecule has 0 saturated heterocycles. The van der Waals surface area contributed by atoms with E-state index < -0.39 is 0 Å². The van der Waals surface area contributed by atoms with Crippen LogP contribution in [0.5, 0.6) is 0 Å². The van der Waals surface area contributed by atoms with Gasteiger partial charge in [0.25, 0.3) is 5.91 Å². The monoisotopic (exact) mass is 250 g/mol. The number of hydrazone groups is 1. The zero-order valence-corrected chi connectivity index (χ0v) is 10.9. The van der Waals surface area contributed by atoms with E-state index in [1.807, 2.05) is 32.9 Å². The fraction of sp³-hybridized carbons (Fsp3) is 0.385. The lowest BCUT2D eigenvalue weighted by Crippen LogP contribution is -2.30. The molecule has 17 heavy (non-hydrogen) atoms. The maximum absolute atomic E-state index is 12.2. The molecule has 0 saturated carbocycles. The molecule has 0 aliphatic carbocycles. The molecule has 1 unspecified atom stereocenters. The summed E-state index contributed by atoms with van der Waals surface area (Å²) in [5.74, 6) is 0.171. The number of carbonyl (C=O) groups is 1. The summed E-state index contributed by atoms with van der Waals surface area (Å²) in [4.78, 5) is 12.2. The number of halogens is 1. The Bertz CT molecular complexity index is 482. The maximum atomic E-state index is 12.2. The molecule has 1 aromatic carbocycles. The smallest absolute Gasteiger partial charge is 0.256 e. The van der Waals surface area contributed by atoms with Crippen LogP contribution < -0.4 is 5.01 Å². The van der Waals surface area contributed by atoms with E-state index in [9.17, 15) is 4.79 Å². The molecular formula is C13H15ClN2O. The van der Waals surface area contributed by atoms with Gasteiger partial charge in [0.2, 0.25) is 0 Å². The Hall–Kier alpha value is -1.35. The van der Waals surface area contributed by atoms with Crippen molar-refractivity contribution in [3.63, 3.8) is 0 Å². The van der Waals surface area contributed by atoms with Crippen molar-refractivity contribution >= 4 is 28.9 Å². The van der Waals surface area contributed by atoms with Gasteiger partial charge in [0.1, 0.15) is 0 Å². The van der Waals surface area contributed by atoms with E-state index in [-0.39, 0.29) is 17.7 Å². The molecule has 4 heteroatoms. The quantitative estimate of drug-likeness (QED) is 0.792. The van der Waals surface area contributed by atoms with Gasteiger partial charge in [-0.15, -0.1) is 0 Å². The molecule has 0 N–H and O–H groups in total. The fourth-order valence-corrected chi connectivity index (χ4v) is 2.32. The number of hydrogen-bond acceptors (Lipinski definition) is 2. The number of nitrogens with zero attached hydrogens (tertiary/aromatic N) is 2. The average Bonchev–Trinajstić information content (AvgIpc) is 2.54. The summed E-state index contributed by atoms with van der Waals surface area (Å²) in [6, 6.07) is 7.18. The van der Waals surface area contributed by atoms with Gasteiger partial charge in [-0.2, -0.15) is 5.10 Å². The number of rotatable bonds is 2. The average molecular weight is 251 g/mol. The number of amides is 1. The highest BCUT2D eigenvalue weighted by molar-refractivity contribution is 6.31. The predicted molar refractivity (Wildman–Crippen MR) is 70.4 cm³/mol. The van der Waals surface area contributed by atoms with Crippen molar-refractivity contribution < 1.29 is 4.79 Å². The van der Waals surface area contributed by atoms with Crippen molar-refractivity contribution in [1.82, 2.24) is 0 Å².